The Morgan fingerprint density at radius 3 is 1.20 bits per heavy atom. The first kappa shape index (κ1) is 187. The second kappa shape index (κ2) is 195. The number of phenolic OH excluding ortho intramolecular Hbond substituents is 1. The maximum Gasteiger partial charge on any atom is -0.693 e. The summed E-state index contributed by atoms with van der Waals surface area (Å²) < 4.78 is 4.29. The van der Waals surface area contributed by atoms with Gasteiger partial charge in [0.15, 0.2) is 18.2 Å². The number of aliphatic carboxylic acids is 1. The fourth-order valence-electron chi connectivity index (χ4n) is 5.70. The Kier molecular flexibility index (Phi) is 322. The zero-order chi connectivity index (χ0) is 81.4. The van der Waals surface area contributed by atoms with Crippen molar-refractivity contribution in [1.82, 2.24) is 5.32 Å². The number of allylic oxidation sites excluding steroid dienone is 1. The van der Waals surface area contributed by atoms with Gasteiger partial charge in [0.1, 0.15) is 17.7 Å². The zero-order valence-electron chi connectivity index (χ0n) is 59.8. The quantitative estimate of drug-likeness (QED) is 0.00577. The standard InChI is InChI=1S/C18H35O2.C8H18O.C7H8O3.C5H6N2O4.C5H8NO2.C4H5NO2.12ClH.6HNO2.12H2N.6Pt/c1-4-6-8-10-12-14-16-18(3)20-19-17-15-13-11-9-7-5-2;1-2-3-4-5-6-7-8-9;8-6-4-2-1-3-5(6)7(9)10;8-2-11-4-1-3(9)6-5(10)7-4;7-5(8)4-2-1-3-6-4;6-3-1-2-4(7)5-3;;;;;;;;;;;;;6*2-1-3;;;;;;;;;;;;;;;;;;/h1,3-17H2,2H3;9H,2-8H2,1H3;1-4,7-10H;2,4H,1H2,(H2,6,7,9,10);4H,1-3H2,(H,7,8);1-2H2,(H,5,6,7);12*1H;6*(H,2,3);12*1H2;;;;;;/q-1;;;;-1;;;;;;;;;;;;;;;;;;;;12*-1;4*+2;2*+4/p-20/t;;;2*4-;;;;;;;;;;;;;;;;;;;;;;;;;;;;;;;;;;;;;/m...11...................................../s1. The van der Waals surface area contributed by atoms with E-state index in [0.717, 1.165) is 89.3 Å². The van der Waals surface area contributed by atoms with Crippen molar-refractivity contribution < 1.29 is 168 Å². The Balaban J connectivity index is -0.0000000307. The summed E-state index contributed by atoms with van der Waals surface area (Å²) in [5, 5.41) is 109. The van der Waals surface area contributed by atoms with Crippen molar-refractivity contribution in [3.05, 3.63) is 200 Å². The van der Waals surface area contributed by atoms with Gasteiger partial charge in [0.05, 0.1) is 18.4 Å². The Morgan fingerprint density at radius 2 is 0.947 bits per heavy atom. The van der Waals surface area contributed by atoms with Gasteiger partial charge < -0.3 is 207 Å². The molecule has 3 fully saturated rings. The number of para-hydroxylation sites is 1. The number of amides is 5. The summed E-state index contributed by atoms with van der Waals surface area (Å²) in [6, 6.07) is 4.91. The molecule has 66 heteroatoms. The first-order valence-electron chi connectivity index (χ1n) is 26.7. The zero-order valence-corrected chi connectivity index (χ0v) is 82.5. The van der Waals surface area contributed by atoms with Crippen molar-refractivity contribution >= 4 is 149 Å². The number of nitrogens with zero attached hydrogens (tertiary/aromatic N) is 9. The minimum Gasteiger partial charge on any atom is -0.693 e. The number of carboxylic acid groups (broad SMARTS) is 1. The first-order valence-corrected chi connectivity index (χ1v) is 60.5. The molecular weight excluding hydrogens is 2880 g/mol. The fourth-order valence-corrected chi connectivity index (χ4v) is 5.70. The van der Waals surface area contributed by atoms with Gasteiger partial charge in [-0.2, -0.15) is 11.3 Å². The van der Waals surface area contributed by atoms with E-state index in [0.29, 0.717) is 26.1 Å². The number of aliphatic hydroxyl groups excluding tert-OH is 2. The van der Waals surface area contributed by atoms with Gasteiger partial charge in [0.2, 0.25) is 0 Å². The van der Waals surface area contributed by atoms with Crippen LogP contribution in [0.5, 0.6) is 5.75 Å². The molecule has 0 unspecified atom stereocenters. The molecule has 0 aliphatic carbocycles. The molecule has 1 aromatic rings. The average Bonchev–Trinajstić information content (AvgIpc) is 1.79. The maximum absolute atomic E-state index is 10.6. The number of unbranched alkanes of at least 4 members (excludes halogenated alkanes) is 15. The van der Waals surface area contributed by atoms with Crippen LogP contribution in [0.3, 0.4) is 0 Å². The third kappa shape index (κ3) is 247. The van der Waals surface area contributed by atoms with Crippen molar-refractivity contribution in [3.8, 4) is 5.75 Å². The predicted octanol–water partition coefficient (Wildman–Crippen LogP) is 27.8. The Bertz CT molecular complexity index is 1860. The third-order valence-electron chi connectivity index (χ3n) is 9.34. The number of phenols is 1. The summed E-state index contributed by atoms with van der Waals surface area (Å²) in [5.41, 5.74) is 0.127. The molecule has 0 saturated carbocycles. The fraction of sp³-hybridized carbons (Fsp3) is 0.681. The molecule has 0 radical (unpaired) electrons. The SMILES string of the molecule is C=C(CCCCCCC[CH2-])OOCCCCCCCC.CCCCCCCCO.O=C(O)[C@H]1CCC[N-]1.O=C1CCC(=O)[N-]1.O=CO[C@@H]1CC(=O)NC(=O)[N-]1.O=N[O-].O=N[O-].O=N[O-].O=N[O-].O=N[O-].O=N[O-].Oc1ccccc1C(O)O.[Cl][Pt+2][Cl].[Cl][Pt+2][Cl].[Cl][Pt][Cl].[Cl][Pt][Cl].[Cl][Pt][Cl].[Cl][Pt][Cl].[NH2-].[NH2-].[NH2-].[NH2-].[NH2-].[NH2-].[NH2-].[NH2-].[NH2-].[NH2-].[NH2-].[NH2-]. The number of nitrogens with one attached hydrogen (secondary N) is 1. The van der Waals surface area contributed by atoms with Crippen LogP contribution in [0.2, 0.25) is 0 Å². The summed E-state index contributed by atoms with van der Waals surface area (Å²) in [6.07, 6.45) is 23.0. The van der Waals surface area contributed by atoms with E-state index >= 15 is 0 Å². The van der Waals surface area contributed by atoms with Gasteiger partial charge in [0, 0.05) is 25.0 Å². The van der Waals surface area contributed by atoms with Crippen LogP contribution in [0, 0.1) is 67.6 Å². The molecule has 30 N–H and O–H groups in total. The normalized spacial score (nSPS) is 10.9. The summed E-state index contributed by atoms with van der Waals surface area (Å²) in [6.45, 7) is 14.1. The Hall–Kier alpha value is -1.09. The van der Waals surface area contributed by atoms with Gasteiger partial charge >= 0.3 is 212 Å². The van der Waals surface area contributed by atoms with Crippen LogP contribution in [-0.2, 0) is 137 Å². The summed E-state index contributed by atoms with van der Waals surface area (Å²) >= 11 is -2.83. The van der Waals surface area contributed by atoms with Crippen LogP contribution in [0.4, 0.5) is 4.79 Å². The molecule has 0 bridgehead atoms. The van der Waals surface area contributed by atoms with Gasteiger partial charge in [-0.15, -0.1) is 38.6 Å². The van der Waals surface area contributed by atoms with Gasteiger partial charge in [-0.05, 0) is 44.2 Å². The number of carbonyl (C=O) groups is 6. The molecule has 0 spiro atoms. The molecule has 4 rings (SSSR count). The van der Waals surface area contributed by atoms with Gasteiger partial charge in [-0.25, -0.2) is 0 Å². The number of carboxylic acids is 1. The molecule has 3 aliphatic rings. The number of hydrogen-bond acceptors (Lipinski definition) is 31. The van der Waals surface area contributed by atoms with Crippen LogP contribution in [0.15, 0.2) is 68.6 Å². The van der Waals surface area contributed by atoms with Crippen LogP contribution >= 0.6 is 113 Å². The predicted molar refractivity (Wildman–Crippen MR) is 436 cm³/mol. The van der Waals surface area contributed by atoms with Crippen molar-refractivity contribution in [3.63, 3.8) is 0 Å². The minimum absolute atomic E-state index is 0. The number of aliphatic hydroxyl groups is 3. The van der Waals surface area contributed by atoms with E-state index in [1.807, 2.05) is 5.32 Å². The van der Waals surface area contributed by atoms with E-state index in [4.69, 9.17) is 209 Å². The molecule has 5 amide bonds. The van der Waals surface area contributed by atoms with E-state index in [9.17, 15) is 28.8 Å². The van der Waals surface area contributed by atoms with Crippen LogP contribution in [0.25, 0.3) is 89.8 Å². The maximum atomic E-state index is 10.6. The minimum atomic E-state index is -1.60. The number of halogens is 12. The van der Waals surface area contributed by atoms with Crippen molar-refractivity contribution in [2.45, 2.75) is 187 Å². The molecule has 1 aromatic carbocycles. The third-order valence-corrected chi connectivity index (χ3v) is 9.34. The van der Waals surface area contributed by atoms with E-state index < -0.39 is 135 Å². The van der Waals surface area contributed by atoms with Crippen molar-refractivity contribution in [2.75, 3.05) is 19.8 Å². The number of benzene rings is 1. The monoisotopic (exact) mass is 2980 g/mol. The summed E-state index contributed by atoms with van der Waals surface area (Å²) in [5.74, 6) is -1.14. The number of rotatable bonds is 26. The smallest absolute Gasteiger partial charge is 0.693 e. The van der Waals surface area contributed by atoms with Crippen LogP contribution in [-0.4, -0.2) is 93.8 Å². The average molecular weight is 2990 g/mol. The number of imide groups is 2. The number of urea groups is 1. The molecule has 3 heterocycles. The second-order valence-corrected chi connectivity index (χ2v) is 35.6. The number of nitrogens with two attached hydrogens (primary N) is 12. The van der Waals surface area contributed by atoms with Crippen LogP contribution in [0.1, 0.15) is 180 Å². The van der Waals surface area contributed by atoms with E-state index in [1.165, 1.54) is 102 Å². The molecular formula is C47H102Cl12N22O26Pt6-18. The second-order valence-electron chi connectivity index (χ2n) is 15.9. The molecule has 3 aliphatic heterocycles. The number of hydrogen-bond donors (Lipinski definition) is 6. The summed E-state index contributed by atoms with van der Waals surface area (Å²) in [7, 11) is 58.5. The van der Waals surface area contributed by atoms with Gasteiger partial charge in [0.25, 0.3) is 12.4 Å². The van der Waals surface area contributed by atoms with E-state index in [2.05, 4.69) is 48.0 Å². The van der Waals surface area contributed by atoms with E-state index in [1.54, 1.807) is 12.1 Å². The Labute approximate surface area is 757 Å². The van der Waals surface area contributed by atoms with E-state index in [-0.39, 0.29) is 110 Å². The number of ether oxygens (including phenoxy) is 1. The van der Waals surface area contributed by atoms with Gasteiger partial charge in [-0.1, -0.05) is 141 Å². The molecule has 113 heavy (non-hydrogen) atoms. The number of carbonyl (C=O) groups excluding carboxylic acids is 5. The largest absolute Gasteiger partial charge is 0.693 e. The molecule has 2 atom stereocenters. The molecule has 718 valence electrons. The topological polar surface area (TPSA) is 1000 Å². The van der Waals surface area contributed by atoms with Crippen molar-refractivity contribution in [1.29, 1.82) is 0 Å². The summed E-state index contributed by atoms with van der Waals surface area (Å²) in [4.78, 5) is 119. The van der Waals surface area contributed by atoms with Crippen LogP contribution < -0.4 is 5.32 Å². The Morgan fingerprint density at radius 1 is 0.619 bits per heavy atom. The first-order chi connectivity index (χ1) is 48.2. The molecule has 0 aromatic heterocycles. The molecule has 48 nitrogen and oxygen atoms in total. The van der Waals surface area contributed by atoms with Gasteiger partial charge in [-0.3, -0.25) is 19.2 Å². The van der Waals surface area contributed by atoms with Crippen molar-refractivity contribution in [2.24, 2.45) is 32.0 Å². The number of aromatic hydroxyl groups is 1. The molecule has 3 saturated heterocycles.